The Kier molecular flexibility index (Phi) is 12.0. The Morgan fingerprint density at radius 3 is 1.58 bits per heavy atom. The molecule has 0 aromatic rings. The van der Waals surface area contributed by atoms with Gasteiger partial charge in [0.15, 0.2) is 0 Å². The lowest BCUT2D eigenvalue weighted by Gasteiger charge is -2.20. The van der Waals surface area contributed by atoms with Crippen LogP contribution in [0.5, 0.6) is 0 Å². The fourth-order valence-electron chi connectivity index (χ4n) is 2.33. The molecule has 0 saturated carbocycles. The number of unbranched alkanes of at least 4 members (excludes halogenated alkanes) is 2. The lowest BCUT2D eigenvalue weighted by molar-refractivity contribution is 0.238. The summed E-state index contributed by atoms with van der Waals surface area (Å²) in [5.41, 5.74) is 0. The minimum Gasteiger partial charge on any atom is -0.261 e. The molecule has 0 aromatic heterocycles. The minimum absolute atomic E-state index is 0.710. The Labute approximate surface area is 120 Å². The molecule has 0 heterocycles. The van der Waals surface area contributed by atoms with Crippen molar-refractivity contribution in [2.75, 3.05) is 13.1 Å². The van der Waals surface area contributed by atoms with Crippen LogP contribution in [0.3, 0.4) is 0 Å². The zero-order valence-corrected chi connectivity index (χ0v) is 13.5. The number of hydrogen-bond acceptors (Lipinski definition) is 2. The van der Waals surface area contributed by atoms with Crippen LogP contribution in [0.1, 0.15) is 79.1 Å². The van der Waals surface area contributed by atoms with Crippen LogP contribution in [0.4, 0.5) is 0 Å². The average molecular weight is 270 g/mol. The summed E-state index contributed by atoms with van der Waals surface area (Å²) in [6, 6.07) is 0. The highest BCUT2D eigenvalue weighted by Crippen LogP contribution is 2.15. The van der Waals surface area contributed by atoms with E-state index in [4.69, 9.17) is 0 Å². The maximum Gasteiger partial charge on any atom is 0.0523 e. The lowest BCUT2D eigenvalue weighted by atomic mass is 9.99. The van der Waals surface area contributed by atoms with Crippen molar-refractivity contribution in [3.8, 4) is 0 Å². The SMILES string of the molecule is CCCCC(C)CCN(CCC(C)CCCC)N=O. The van der Waals surface area contributed by atoms with E-state index < -0.39 is 0 Å². The molecule has 0 aliphatic rings. The molecule has 2 unspecified atom stereocenters. The Bertz CT molecular complexity index is 191. The van der Waals surface area contributed by atoms with E-state index in [9.17, 15) is 4.91 Å². The third kappa shape index (κ3) is 11.0. The first-order valence-electron chi connectivity index (χ1n) is 8.22. The number of nitrogens with zero attached hydrogens (tertiary/aromatic N) is 2. The maximum atomic E-state index is 10.8. The van der Waals surface area contributed by atoms with E-state index in [2.05, 4.69) is 33.0 Å². The fourth-order valence-corrected chi connectivity index (χ4v) is 2.33. The molecule has 0 rings (SSSR count). The average Bonchev–Trinajstić information content (AvgIpc) is 2.42. The smallest absolute Gasteiger partial charge is 0.0523 e. The molecule has 19 heavy (non-hydrogen) atoms. The van der Waals surface area contributed by atoms with Gasteiger partial charge in [-0.3, -0.25) is 5.01 Å². The van der Waals surface area contributed by atoms with E-state index in [1.807, 2.05) is 0 Å². The maximum absolute atomic E-state index is 10.8. The first-order chi connectivity index (χ1) is 9.13. The van der Waals surface area contributed by atoms with Crippen molar-refractivity contribution in [1.29, 1.82) is 0 Å². The zero-order valence-electron chi connectivity index (χ0n) is 13.5. The molecule has 0 aliphatic heterocycles. The van der Waals surface area contributed by atoms with Gasteiger partial charge in [0.2, 0.25) is 0 Å². The summed E-state index contributed by atoms with van der Waals surface area (Å²) < 4.78 is 0. The van der Waals surface area contributed by atoms with Crippen LogP contribution < -0.4 is 0 Å². The summed E-state index contributed by atoms with van der Waals surface area (Å²) in [6.45, 7) is 10.7. The van der Waals surface area contributed by atoms with Crippen LogP contribution >= 0.6 is 0 Å². The predicted molar refractivity (Wildman–Crippen MR) is 84.0 cm³/mol. The van der Waals surface area contributed by atoms with Gasteiger partial charge in [-0.05, 0) is 24.7 Å². The zero-order chi connectivity index (χ0) is 14.5. The van der Waals surface area contributed by atoms with Gasteiger partial charge in [0.25, 0.3) is 0 Å². The van der Waals surface area contributed by atoms with Crippen LogP contribution in [-0.2, 0) is 0 Å². The molecular weight excluding hydrogens is 236 g/mol. The molecule has 0 bridgehead atoms. The highest BCUT2D eigenvalue weighted by atomic mass is 16.3. The third-order valence-electron chi connectivity index (χ3n) is 3.98. The van der Waals surface area contributed by atoms with Gasteiger partial charge in [0.05, 0.1) is 5.29 Å². The van der Waals surface area contributed by atoms with Crippen LogP contribution in [-0.4, -0.2) is 18.1 Å². The largest absolute Gasteiger partial charge is 0.261 e. The third-order valence-corrected chi connectivity index (χ3v) is 3.98. The standard InChI is InChI=1S/C16H34N2O/c1-5-7-9-15(3)11-13-18(17-19)14-12-16(4)10-8-6-2/h15-16H,5-14H2,1-4H3. The Morgan fingerprint density at radius 2 is 1.26 bits per heavy atom. The van der Waals surface area contributed by atoms with Crippen molar-refractivity contribution in [1.82, 2.24) is 5.01 Å². The van der Waals surface area contributed by atoms with Gasteiger partial charge in [-0.15, -0.1) is 4.91 Å². The molecule has 0 aliphatic carbocycles. The second kappa shape index (κ2) is 12.4. The van der Waals surface area contributed by atoms with Gasteiger partial charge in [-0.1, -0.05) is 66.2 Å². The van der Waals surface area contributed by atoms with E-state index in [-0.39, 0.29) is 0 Å². The van der Waals surface area contributed by atoms with Crippen LogP contribution in [0.25, 0.3) is 0 Å². The quantitative estimate of drug-likeness (QED) is 0.331. The molecule has 0 fully saturated rings. The molecule has 3 nitrogen and oxygen atoms in total. The van der Waals surface area contributed by atoms with Crippen molar-refractivity contribution >= 4 is 0 Å². The second-order valence-corrected chi connectivity index (χ2v) is 6.11. The van der Waals surface area contributed by atoms with Gasteiger partial charge in [-0.2, -0.15) is 0 Å². The van der Waals surface area contributed by atoms with E-state index in [0.717, 1.165) is 25.9 Å². The summed E-state index contributed by atoms with van der Waals surface area (Å²) in [6.07, 6.45) is 9.84. The van der Waals surface area contributed by atoms with Crippen molar-refractivity contribution in [2.45, 2.75) is 79.1 Å². The highest BCUT2D eigenvalue weighted by Gasteiger charge is 2.09. The van der Waals surface area contributed by atoms with Crippen molar-refractivity contribution in [2.24, 2.45) is 17.1 Å². The summed E-state index contributed by atoms with van der Waals surface area (Å²) in [5.74, 6) is 1.42. The Hall–Kier alpha value is -0.600. The van der Waals surface area contributed by atoms with Gasteiger partial charge >= 0.3 is 0 Å². The molecule has 0 amide bonds. The first-order valence-corrected chi connectivity index (χ1v) is 8.22. The monoisotopic (exact) mass is 270 g/mol. The molecule has 2 atom stereocenters. The molecule has 0 saturated heterocycles. The normalized spacial score (nSPS) is 14.1. The second-order valence-electron chi connectivity index (χ2n) is 6.11. The number of nitroso groups, excluding NO2 is 1. The summed E-state index contributed by atoms with van der Waals surface area (Å²) in [5, 5.41) is 4.90. The van der Waals surface area contributed by atoms with Crippen molar-refractivity contribution in [3.63, 3.8) is 0 Å². The highest BCUT2D eigenvalue weighted by molar-refractivity contribution is 4.61. The molecule has 114 valence electrons. The van der Waals surface area contributed by atoms with Gasteiger partial charge in [-0.25, -0.2) is 0 Å². The van der Waals surface area contributed by atoms with Gasteiger partial charge in [0.1, 0.15) is 0 Å². The molecule has 0 spiro atoms. The van der Waals surface area contributed by atoms with Crippen LogP contribution in [0, 0.1) is 16.7 Å². The van der Waals surface area contributed by atoms with Gasteiger partial charge < -0.3 is 0 Å². The van der Waals surface area contributed by atoms with Crippen LogP contribution in [0.15, 0.2) is 5.29 Å². The Balaban J connectivity index is 3.73. The molecule has 0 radical (unpaired) electrons. The molecule has 3 heteroatoms. The van der Waals surface area contributed by atoms with Crippen LogP contribution in [0.2, 0.25) is 0 Å². The van der Waals surface area contributed by atoms with Gasteiger partial charge in [0, 0.05) is 13.1 Å². The summed E-state index contributed by atoms with van der Waals surface area (Å²) in [7, 11) is 0. The van der Waals surface area contributed by atoms with E-state index in [1.54, 1.807) is 5.01 Å². The number of rotatable bonds is 13. The predicted octanol–water partition coefficient (Wildman–Crippen LogP) is 5.40. The van der Waals surface area contributed by atoms with E-state index >= 15 is 0 Å². The molecule has 0 aromatic carbocycles. The van der Waals surface area contributed by atoms with E-state index in [0.29, 0.717) is 11.8 Å². The number of hydrogen-bond donors (Lipinski definition) is 0. The first kappa shape index (κ1) is 18.4. The fraction of sp³-hybridized carbons (Fsp3) is 1.00. The van der Waals surface area contributed by atoms with Crippen molar-refractivity contribution in [3.05, 3.63) is 4.91 Å². The van der Waals surface area contributed by atoms with Crippen molar-refractivity contribution < 1.29 is 0 Å². The Morgan fingerprint density at radius 1 is 0.842 bits per heavy atom. The topological polar surface area (TPSA) is 32.7 Å². The van der Waals surface area contributed by atoms with E-state index in [1.165, 1.54) is 38.5 Å². The minimum atomic E-state index is 0.710. The molecule has 0 N–H and O–H groups in total. The molecular formula is C16H34N2O. The lowest BCUT2D eigenvalue weighted by Crippen LogP contribution is -2.22. The summed E-state index contributed by atoms with van der Waals surface area (Å²) in [4.78, 5) is 10.8. The summed E-state index contributed by atoms with van der Waals surface area (Å²) >= 11 is 0.